The highest BCUT2D eigenvalue weighted by molar-refractivity contribution is 9.10. The van der Waals surface area contributed by atoms with Crippen molar-refractivity contribution in [3.8, 4) is 0 Å². The Balaban J connectivity index is 2.22. The molecule has 0 spiro atoms. The van der Waals surface area contributed by atoms with Crippen LogP contribution >= 0.6 is 15.9 Å². The Bertz CT molecular complexity index is 638. The minimum atomic E-state index is -0.909. The second-order valence-corrected chi connectivity index (χ2v) is 5.82. The average molecular weight is 348 g/mol. The summed E-state index contributed by atoms with van der Waals surface area (Å²) >= 11 is 3.47. The number of aryl methyl sites for hydroxylation is 1. The van der Waals surface area contributed by atoms with Crippen LogP contribution in [0.3, 0.4) is 0 Å². The van der Waals surface area contributed by atoms with E-state index >= 15 is 0 Å². The van der Waals surface area contributed by atoms with Gasteiger partial charge in [-0.25, -0.2) is 4.79 Å². The fourth-order valence-electron chi connectivity index (χ4n) is 2.16. The third kappa shape index (κ3) is 3.85. The number of aromatic carboxylic acids is 1. The molecule has 0 aliphatic heterocycles. The van der Waals surface area contributed by atoms with Crippen molar-refractivity contribution < 1.29 is 9.90 Å². The molecule has 21 heavy (non-hydrogen) atoms. The second-order valence-electron chi connectivity index (χ2n) is 4.96. The highest BCUT2D eigenvalue weighted by Crippen LogP contribution is 2.23. The van der Waals surface area contributed by atoms with E-state index in [-0.39, 0.29) is 0 Å². The number of carboxylic acid groups (broad SMARTS) is 1. The van der Waals surface area contributed by atoms with Crippen LogP contribution in [0.15, 0.2) is 46.9 Å². The van der Waals surface area contributed by atoms with Crippen LogP contribution in [-0.4, -0.2) is 17.6 Å². The van der Waals surface area contributed by atoms with Gasteiger partial charge in [-0.2, -0.15) is 0 Å². The summed E-state index contributed by atoms with van der Waals surface area (Å²) in [6, 6.07) is 13.6. The Labute approximate surface area is 133 Å². The van der Waals surface area contributed by atoms with E-state index in [4.69, 9.17) is 5.11 Å². The molecule has 3 nitrogen and oxygen atoms in total. The molecule has 0 aliphatic carbocycles. The summed E-state index contributed by atoms with van der Waals surface area (Å²) in [5.41, 5.74) is 3.77. The maximum Gasteiger partial charge on any atom is 0.335 e. The lowest BCUT2D eigenvalue weighted by Gasteiger charge is -2.24. The molecule has 2 aromatic carbocycles. The molecule has 0 atom stereocenters. The molecule has 110 valence electrons. The first-order chi connectivity index (χ1) is 10.0. The molecule has 0 saturated carbocycles. The van der Waals surface area contributed by atoms with E-state index in [0.29, 0.717) is 5.56 Å². The predicted octanol–water partition coefficient (Wildman–Crippen LogP) is 4.48. The van der Waals surface area contributed by atoms with Gasteiger partial charge in [-0.1, -0.05) is 39.7 Å². The predicted molar refractivity (Wildman–Crippen MR) is 89.0 cm³/mol. The van der Waals surface area contributed by atoms with Gasteiger partial charge in [0.2, 0.25) is 0 Å². The third-order valence-corrected chi connectivity index (χ3v) is 4.18. The van der Waals surface area contributed by atoms with E-state index in [1.165, 1.54) is 5.56 Å². The van der Waals surface area contributed by atoms with E-state index in [0.717, 1.165) is 28.8 Å². The van der Waals surface area contributed by atoms with Gasteiger partial charge in [-0.3, -0.25) is 0 Å². The van der Waals surface area contributed by atoms with Gasteiger partial charge in [0, 0.05) is 23.2 Å². The van der Waals surface area contributed by atoms with Crippen LogP contribution in [-0.2, 0) is 6.54 Å². The molecule has 0 bridgehead atoms. The molecule has 0 heterocycles. The first kappa shape index (κ1) is 15.6. The molecule has 0 fully saturated rings. The monoisotopic (exact) mass is 347 g/mol. The third-order valence-electron chi connectivity index (χ3n) is 3.44. The molecule has 1 N–H and O–H groups in total. The Morgan fingerprint density at radius 1 is 1.19 bits per heavy atom. The smallest absolute Gasteiger partial charge is 0.335 e. The van der Waals surface area contributed by atoms with Crippen LogP contribution in [0.1, 0.15) is 28.4 Å². The van der Waals surface area contributed by atoms with Crippen molar-refractivity contribution in [1.82, 2.24) is 0 Å². The van der Waals surface area contributed by atoms with Crippen LogP contribution in [0, 0.1) is 6.92 Å². The molecule has 2 aromatic rings. The van der Waals surface area contributed by atoms with Crippen molar-refractivity contribution in [3.05, 3.63) is 63.6 Å². The maximum absolute atomic E-state index is 11.0. The van der Waals surface area contributed by atoms with Crippen molar-refractivity contribution in [3.63, 3.8) is 0 Å². The van der Waals surface area contributed by atoms with Crippen LogP contribution < -0.4 is 4.90 Å². The minimum Gasteiger partial charge on any atom is -0.478 e. The summed E-state index contributed by atoms with van der Waals surface area (Å²) < 4.78 is 0.827. The zero-order valence-corrected chi connectivity index (χ0v) is 13.7. The van der Waals surface area contributed by atoms with Crippen LogP contribution in [0.25, 0.3) is 0 Å². The molecule has 0 aromatic heterocycles. The lowest BCUT2D eigenvalue weighted by atomic mass is 10.1. The fourth-order valence-corrected chi connectivity index (χ4v) is 2.66. The van der Waals surface area contributed by atoms with Gasteiger partial charge in [0.25, 0.3) is 0 Å². The number of carboxylic acids is 1. The molecule has 2 rings (SSSR count). The maximum atomic E-state index is 11.0. The van der Waals surface area contributed by atoms with Crippen molar-refractivity contribution in [2.24, 2.45) is 0 Å². The summed E-state index contributed by atoms with van der Waals surface area (Å²) in [4.78, 5) is 13.2. The number of nitrogens with zero attached hydrogens (tertiary/aromatic N) is 1. The largest absolute Gasteiger partial charge is 0.478 e. The molecular formula is C17H18BrNO2. The Morgan fingerprint density at radius 2 is 1.86 bits per heavy atom. The zero-order chi connectivity index (χ0) is 15.4. The van der Waals surface area contributed by atoms with Crippen LogP contribution in [0.5, 0.6) is 0 Å². The Morgan fingerprint density at radius 3 is 2.38 bits per heavy atom. The number of hydrogen-bond acceptors (Lipinski definition) is 2. The molecular weight excluding hydrogens is 330 g/mol. The number of halogens is 1. The van der Waals surface area contributed by atoms with Crippen molar-refractivity contribution in [2.45, 2.75) is 20.4 Å². The minimum absolute atomic E-state index is 0.295. The molecule has 4 heteroatoms. The fraction of sp³-hybridized carbons (Fsp3) is 0.235. The highest BCUT2D eigenvalue weighted by Gasteiger charge is 2.10. The summed E-state index contributed by atoms with van der Waals surface area (Å²) in [7, 11) is 0. The van der Waals surface area contributed by atoms with Gasteiger partial charge < -0.3 is 10.0 Å². The zero-order valence-electron chi connectivity index (χ0n) is 12.1. The standard InChI is InChI=1S/C17H18BrNO2/c1-3-19(15-8-4-12(2)5-9-15)11-14-7-6-13(17(20)21)10-16(14)18/h4-10H,3,11H2,1-2H3,(H,20,21). The van der Waals surface area contributed by atoms with Gasteiger partial charge in [-0.15, -0.1) is 0 Å². The first-order valence-corrected chi connectivity index (χ1v) is 7.64. The van der Waals surface area contributed by atoms with Gasteiger partial charge in [0.1, 0.15) is 0 Å². The number of hydrogen-bond donors (Lipinski definition) is 1. The van der Waals surface area contributed by atoms with E-state index in [9.17, 15) is 4.79 Å². The van der Waals surface area contributed by atoms with E-state index in [1.807, 2.05) is 6.07 Å². The molecule has 0 aliphatic rings. The van der Waals surface area contributed by atoms with Crippen molar-refractivity contribution in [2.75, 3.05) is 11.4 Å². The second kappa shape index (κ2) is 6.76. The Hall–Kier alpha value is -1.81. The summed E-state index contributed by atoms with van der Waals surface area (Å²) in [6.45, 7) is 5.80. The van der Waals surface area contributed by atoms with Gasteiger partial charge in [0.15, 0.2) is 0 Å². The van der Waals surface area contributed by atoms with Gasteiger partial charge in [-0.05, 0) is 43.7 Å². The topological polar surface area (TPSA) is 40.5 Å². The van der Waals surface area contributed by atoms with Crippen molar-refractivity contribution >= 4 is 27.6 Å². The average Bonchev–Trinajstić information content (AvgIpc) is 2.47. The number of benzene rings is 2. The van der Waals surface area contributed by atoms with Crippen molar-refractivity contribution in [1.29, 1.82) is 0 Å². The van der Waals surface area contributed by atoms with E-state index in [2.05, 4.69) is 58.9 Å². The molecule has 0 radical (unpaired) electrons. The SMILES string of the molecule is CCN(Cc1ccc(C(=O)O)cc1Br)c1ccc(C)cc1. The number of anilines is 1. The molecule has 0 saturated heterocycles. The summed E-state index contributed by atoms with van der Waals surface area (Å²) in [6.07, 6.45) is 0. The number of rotatable bonds is 5. The lowest BCUT2D eigenvalue weighted by Crippen LogP contribution is -2.22. The lowest BCUT2D eigenvalue weighted by molar-refractivity contribution is 0.0697. The van der Waals surface area contributed by atoms with Crippen LogP contribution in [0.4, 0.5) is 5.69 Å². The first-order valence-electron chi connectivity index (χ1n) is 6.84. The van der Waals surface area contributed by atoms with E-state index < -0.39 is 5.97 Å². The van der Waals surface area contributed by atoms with Gasteiger partial charge in [0.05, 0.1) is 5.56 Å². The van der Waals surface area contributed by atoms with Crippen LogP contribution in [0.2, 0.25) is 0 Å². The normalized spacial score (nSPS) is 10.4. The summed E-state index contributed by atoms with van der Waals surface area (Å²) in [5.74, 6) is -0.909. The molecule has 0 unspecified atom stereocenters. The van der Waals surface area contributed by atoms with E-state index in [1.54, 1.807) is 12.1 Å². The quantitative estimate of drug-likeness (QED) is 0.866. The highest BCUT2D eigenvalue weighted by atomic mass is 79.9. The Kier molecular flexibility index (Phi) is 5.02. The number of carbonyl (C=O) groups is 1. The summed E-state index contributed by atoms with van der Waals surface area (Å²) in [5, 5.41) is 9.00. The molecule has 0 amide bonds. The van der Waals surface area contributed by atoms with Gasteiger partial charge >= 0.3 is 5.97 Å².